The molecule has 0 amide bonds. The van der Waals surface area contributed by atoms with Gasteiger partial charge in [0.15, 0.2) is 5.69 Å². The van der Waals surface area contributed by atoms with E-state index in [0.717, 1.165) is 11.1 Å². The summed E-state index contributed by atoms with van der Waals surface area (Å²) in [5.41, 5.74) is 2.68. The number of aromatic nitrogens is 3. The van der Waals surface area contributed by atoms with Gasteiger partial charge >= 0.3 is 5.97 Å². The third-order valence-corrected chi connectivity index (χ3v) is 3.66. The van der Waals surface area contributed by atoms with Crippen molar-refractivity contribution >= 4 is 5.97 Å². The Labute approximate surface area is 138 Å². The number of hydrogen-bond acceptors (Lipinski definition) is 4. The van der Waals surface area contributed by atoms with Gasteiger partial charge in [0.2, 0.25) is 0 Å². The average molecular weight is 318 g/mol. The molecule has 0 saturated carbocycles. The van der Waals surface area contributed by atoms with Crippen LogP contribution in [0.1, 0.15) is 27.3 Å². The van der Waals surface area contributed by atoms with Crippen LogP contribution in [0, 0.1) is 18.3 Å². The number of nitrogens with zero attached hydrogens (tertiary/aromatic N) is 4. The minimum Gasteiger partial charge on any atom is -0.477 e. The first-order valence-corrected chi connectivity index (χ1v) is 7.30. The normalized spacial score (nSPS) is 10.3. The predicted octanol–water partition coefficient (Wildman–Crippen LogP) is 2.87. The number of imidazole rings is 1. The van der Waals surface area contributed by atoms with Crippen LogP contribution in [0.4, 0.5) is 0 Å². The van der Waals surface area contributed by atoms with Gasteiger partial charge in [-0.25, -0.2) is 9.78 Å². The molecule has 3 rings (SSSR count). The van der Waals surface area contributed by atoms with E-state index >= 15 is 0 Å². The third-order valence-electron chi connectivity index (χ3n) is 3.66. The van der Waals surface area contributed by atoms with Crippen LogP contribution in [0.3, 0.4) is 0 Å². The van der Waals surface area contributed by atoms with Crippen molar-refractivity contribution in [3.63, 3.8) is 0 Å². The van der Waals surface area contributed by atoms with Gasteiger partial charge in [-0.3, -0.25) is 4.98 Å². The van der Waals surface area contributed by atoms with E-state index in [9.17, 15) is 9.90 Å². The molecule has 0 aliphatic carbocycles. The van der Waals surface area contributed by atoms with Crippen LogP contribution in [0.15, 0.2) is 48.8 Å². The molecule has 3 aromatic rings. The Balaban J connectivity index is 2.14. The summed E-state index contributed by atoms with van der Waals surface area (Å²) in [7, 11) is 0. The van der Waals surface area contributed by atoms with E-state index in [2.05, 4.69) is 16.0 Å². The smallest absolute Gasteiger partial charge is 0.354 e. The molecule has 0 atom stereocenters. The Bertz CT molecular complexity index is 939. The Kier molecular flexibility index (Phi) is 4.08. The molecule has 0 radical (unpaired) electrons. The zero-order valence-corrected chi connectivity index (χ0v) is 13.0. The van der Waals surface area contributed by atoms with Crippen molar-refractivity contribution in [2.24, 2.45) is 0 Å². The summed E-state index contributed by atoms with van der Waals surface area (Å²) in [5.74, 6) is -0.494. The van der Waals surface area contributed by atoms with Gasteiger partial charge in [-0.1, -0.05) is 12.1 Å². The van der Waals surface area contributed by atoms with Crippen molar-refractivity contribution in [2.75, 3.05) is 0 Å². The molecular formula is C18H14N4O2. The lowest BCUT2D eigenvalue weighted by Crippen LogP contribution is -2.12. The first-order valence-electron chi connectivity index (χ1n) is 7.30. The lowest BCUT2D eigenvalue weighted by Gasteiger charge is -2.10. The summed E-state index contributed by atoms with van der Waals surface area (Å²) < 4.78 is 1.64. The zero-order valence-electron chi connectivity index (χ0n) is 13.0. The Hall–Kier alpha value is -3.46. The molecular weight excluding hydrogens is 304 g/mol. The zero-order chi connectivity index (χ0) is 17.1. The summed E-state index contributed by atoms with van der Waals surface area (Å²) >= 11 is 0. The topological polar surface area (TPSA) is 91.8 Å². The maximum atomic E-state index is 11.7. The van der Waals surface area contributed by atoms with Crippen molar-refractivity contribution in [2.45, 2.75) is 13.5 Å². The minimum absolute atomic E-state index is 0.135. The van der Waals surface area contributed by atoms with Gasteiger partial charge in [-0.15, -0.1) is 0 Å². The number of carbonyl (C=O) groups is 1. The fourth-order valence-corrected chi connectivity index (χ4v) is 2.63. The molecule has 6 heteroatoms. The summed E-state index contributed by atoms with van der Waals surface area (Å²) in [6.07, 6.45) is 3.30. The number of aromatic carboxylic acids is 1. The van der Waals surface area contributed by atoms with E-state index in [1.54, 1.807) is 48.1 Å². The molecule has 0 aliphatic heterocycles. The second-order valence-corrected chi connectivity index (χ2v) is 5.31. The van der Waals surface area contributed by atoms with Crippen LogP contribution in [0.2, 0.25) is 0 Å². The summed E-state index contributed by atoms with van der Waals surface area (Å²) in [6.45, 7) is 1.98. The largest absolute Gasteiger partial charge is 0.477 e. The Morgan fingerprint density at radius 1 is 1.33 bits per heavy atom. The molecule has 0 bridgehead atoms. The van der Waals surface area contributed by atoms with E-state index in [4.69, 9.17) is 5.26 Å². The molecule has 24 heavy (non-hydrogen) atoms. The summed E-state index contributed by atoms with van der Waals surface area (Å²) in [5, 5.41) is 18.6. The number of aryl methyl sites for hydroxylation is 1. The van der Waals surface area contributed by atoms with Gasteiger partial charge < -0.3 is 9.67 Å². The monoisotopic (exact) mass is 318 g/mol. The number of nitriles is 1. The van der Waals surface area contributed by atoms with Crippen molar-refractivity contribution in [3.05, 3.63) is 71.3 Å². The standard InChI is InChI=1S/C18H14N4O2/c1-12-16(18(23)24)22(11-14-5-2-4-13(8-14)9-19)17(21-12)15-6-3-7-20-10-15/h2-8,10H,11H2,1H3,(H,23,24). The van der Waals surface area contributed by atoms with Crippen LogP contribution in [0.25, 0.3) is 11.4 Å². The first-order chi connectivity index (χ1) is 11.6. The van der Waals surface area contributed by atoms with Crippen LogP contribution < -0.4 is 0 Å². The number of carboxylic acid groups (broad SMARTS) is 1. The Morgan fingerprint density at radius 2 is 2.17 bits per heavy atom. The number of pyridine rings is 1. The molecule has 118 valence electrons. The van der Waals surface area contributed by atoms with E-state index in [0.29, 0.717) is 23.6 Å². The van der Waals surface area contributed by atoms with Crippen molar-refractivity contribution in [1.82, 2.24) is 14.5 Å². The van der Waals surface area contributed by atoms with E-state index < -0.39 is 5.97 Å². The quantitative estimate of drug-likeness (QED) is 0.798. The third kappa shape index (κ3) is 2.88. The van der Waals surface area contributed by atoms with E-state index in [1.807, 2.05) is 12.1 Å². The van der Waals surface area contributed by atoms with Crippen LogP contribution >= 0.6 is 0 Å². The van der Waals surface area contributed by atoms with Gasteiger partial charge in [-0.2, -0.15) is 5.26 Å². The molecule has 1 N–H and O–H groups in total. The maximum absolute atomic E-state index is 11.7. The minimum atomic E-state index is -1.04. The number of hydrogen-bond donors (Lipinski definition) is 1. The first kappa shape index (κ1) is 15.4. The highest BCUT2D eigenvalue weighted by Gasteiger charge is 2.21. The van der Waals surface area contributed by atoms with Crippen molar-refractivity contribution in [3.8, 4) is 17.5 Å². The highest BCUT2D eigenvalue weighted by atomic mass is 16.4. The summed E-state index contributed by atoms with van der Waals surface area (Å²) in [6, 6.07) is 12.8. The molecule has 0 saturated heterocycles. The van der Waals surface area contributed by atoms with Gasteiger partial charge in [-0.05, 0) is 36.8 Å². The highest BCUT2D eigenvalue weighted by molar-refractivity contribution is 5.88. The lowest BCUT2D eigenvalue weighted by atomic mass is 10.1. The Morgan fingerprint density at radius 3 is 2.83 bits per heavy atom. The molecule has 0 spiro atoms. The highest BCUT2D eigenvalue weighted by Crippen LogP contribution is 2.23. The molecule has 0 unspecified atom stereocenters. The van der Waals surface area contributed by atoms with Crippen LogP contribution in [0.5, 0.6) is 0 Å². The molecule has 0 fully saturated rings. The number of benzene rings is 1. The van der Waals surface area contributed by atoms with Crippen molar-refractivity contribution < 1.29 is 9.90 Å². The second-order valence-electron chi connectivity index (χ2n) is 5.31. The molecule has 1 aromatic carbocycles. The van der Waals surface area contributed by atoms with Gasteiger partial charge in [0.25, 0.3) is 0 Å². The van der Waals surface area contributed by atoms with Gasteiger partial charge in [0.1, 0.15) is 5.82 Å². The molecule has 6 nitrogen and oxygen atoms in total. The fourth-order valence-electron chi connectivity index (χ4n) is 2.63. The summed E-state index contributed by atoms with van der Waals surface area (Å²) in [4.78, 5) is 20.2. The lowest BCUT2D eigenvalue weighted by molar-refractivity contribution is 0.0685. The van der Waals surface area contributed by atoms with Crippen molar-refractivity contribution in [1.29, 1.82) is 5.26 Å². The fraction of sp³-hybridized carbons (Fsp3) is 0.111. The van der Waals surface area contributed by atoms with E-state index in [-0.39, 0.29) is 5.69 Å². The SMILES string of the molecule is Cc1nc(-c2cccnc2)n(Cc2cccc(C#N)c2)c1C(=O)O. The number of carboxylic acids is 1. The van der Waals surface area contributed by atoms with Gasteiger partial charge in [0.05, 0.1) is 17.3 Å². The maximum Gasteiger partial charge on any atom is 0.354 e. The molecule has 2 heterocycles. The predicted molar refractivity (Wildman–Crippen MR) is 87.4 cm³/mol. The van der Waals surface area contributed by atoms with Gasteiger partial charge in [0, 0.05) is 24.5 Å². The van der Waals surface area contributed by atoms with Crippen LogP contribution in [-0.4, -0.2) is 25.6 Å². The average Bonchev–Trinajstić information content (AvgIpc) is 2.92. The molecule has 0 aliphatic rings. The molecule has 2 aromatic heterocycles. The second kappa shape index (κ2) is 6.34. The van der Waals surface area contributed by atoms with Crippen LogP contribution in [-0.2, 0) is 6.54 Å². The number of rotatable bonds is 4. The van der Waals surface area contributed by atoms with E-state index in [1.165, 1.54) is 0 Å².